The first kappa shape index (κ1) is 23.3. The van der Waals surface area contributed by atoms with Crippen LogP contribution in [0.1, 0.15) is 13.8 Å². The maximum absolute atomic E-state index is 13.3. The predicted molar refractivity (Wildman–Crippen MR) is 123 cm³/mol. The zero-order chi connectivity index (χ0) is 22.8. The molecule has 3 aromatic carbocycles. The van der Waals surface area contributed by atoms with E-state index in [2.05, 4.69) is 4.72 Å². The van der Waals surface area contributed by atoms with Gasteiger partial charge in [0.1, 0.15) is 5.75 Å². The Labute approximate surface area is 187 Å². The van der Waals surface area contributed by atoms with E-state index in [1.807, 2.05) is 0 Å². The summed E-state index contributed by atoms with van der Waals surface area (Å²) in [5.41, 5.74) is 0.0137. The number of fused-ring (bicyclic) bond motifs is 1. The van der Waals surface area contributed by atoms with Gasteiger partial charge < -0.3 is 4.74 Å². The van der Waals surface area contributed by atoms with E-state index in [1.165, 1.54) is 35.7 Å². The van der Waals surface area contributed by atoms with E-state index in [-0.39, 0.29) is 21.2 Å². The van der Waals surface area contributed by atoms with E-state index in [1.54, 1.807) is 44.2 Å². The maximum Gasteiger partial charge on any atom is 0.262 e. The van der Waals surface area contributed by atoms with Gasteiger partial charge in [-0.2, -0.15) is 4.31 Å². The van der Waals surface area contributed by atoms with Crippen molar-refractivity contribution in [1.29, 1.82) is 0 Å². The molecule has 0 amide bonds. The highest BCUT2D eigenvalue weighted by molar-refractivity contribution is 7.93. The lowest BCUT2D eigenvalue weighted by atomic mass is 10.1. The van der Waals surface area contributed by atoms with Gasteiger partial charge in [-0.25, -0.2) is 16.8 Å². The fourth-order valence-corrected chi connectivity index (χ4v) is 6.46. The van der Waals surface area contributed by atoms with Gasteiger partial charge in [-0.3, -0.25) is 4.72 Å². The van der Waals surface area contributed by atoms with Crippen LogP contribution in [0.4, 0.5) is 5.69 Å². The van der Waals surface area contributed by atoms with Crippen LogP contribution in [0.3, 0.4) is 0 Å². The molecule has 0 spiro atoms. The summed E-state index contributed by atoms with van der Waals surface area (Å²) in [4.78, 5) is -0.0553. The molecule has 166 valence electrons. The monoisotopic (exact) mass is 482 g/mol. The first-order valence-corrected chi connectivity index (χ1v) is 12.8. The van der Waals surface area contributed by atoms with Gasteiger partial charge in [0.2, 0.25) is 10.0 Å². The molecule has 0 fully saturated rings. The molecule has 0 atom stereocenters. The number of halogens is 1. The Kier molecular flexibility index (Phi) is 6.80. The Balaban J connectivity index is 2.12. The first-order chi connectivity index (χ1) is 14.7. The molecule has 0 saturated heterocycles. The van der Waals surface area contributed by atoms with Crippen molar-refractivity contribution >= 4 is 48.1 Å². The lowest BCUT2D eigenvalue weighted by Crippen LogP contribution is -2.30. The van der Waals surface area contributed by atoms with Crippen molar-refractivity contribution < 1.29 is 21.6 Å². The lowest BCUT2D eigenvalue weighted by Gasteiger charge is -2.20. The summed E-state index contributed by atoms with van der Waals surface area (Å²) in [6.45, 7) is 4.05. The number of nitrogens with one attached hydrogen (secondary N) is 1. The van der Waals surface area contributed by atoms with Gasteiger partial charge in [-0.1, -0.05) is 49.7 Å². The summed E-state index contributed by atoms with van der Waals surface area (Å²) in [5, 5.41) is 1.34. The summed E-state index contributed by atoms with van der Waals surface area (Å²) in [6.07, 6.45) is 0. The van der Waals surface area contributed by atoms with Gasteiger partial charge in [-0.15, -0.1) is 0 Å². The zero-order valence-electron chi connectivity index (χ0n) is 17.3. The van der Waals surface area contributed by atoms with Crippen LogP contribution >= 0.6 is 11.6 Å². The van der Waals surface area contributed by atoms with Crippen molar-refractivity contribution in [3.8, 4) is 5.75 Å². The van der Waals surface area contributed by atoms with Crippen molar-refractivity contribution in [2.45, 2.75) is 23.6 Å². The number of hydrogen-bond acceptors (Lipinski definition) is 5. The molecule has 3 rings (SSSR count). The molecule has 31 heavy (non-hydrogen) atoms. The minimum absolute atomic E-state index is 0.0137. The third-order valence-corrected chi connectivity index (χ3v) is 8.63. The van der Waals surface area contributed by atoms with Gasteiger partial charge in [-0.05, 0) is 35.7 Å². The number of sulfonamides is 2. The summed E-state index contributed by atoms with van der Waals surface area (Å²) in [7, 11) is -6.52. The van der Waals surface area contributed by atoms with Gasteiger partial charge >= 0.3 is 0 Å². The Bertz CT molecular complexity index is 1320. The summed E-state index contributed by atoms with van der Waals surface area (Å²) >= 11 is 6.28. The number of anilines is 1. The van der Waals surface area contributed by atoms with Gasteiger partial charge in [0.15, 0.2) is 0 Å². The van der Waals surface area contributed by atoms with E-state index in [0.29, 0.717) is 28.9 Å². The Morgan fingerprint density at radius 1 is 0.968 bits per heavy atom. The molecular weight excluding hydrogens is 460 g/mol. The SMILES string of the molecule is CCN(CC)S(=O)(=O)c1ccc(OC)c(NS(=O)(=O)c2cccc3cccc(Cl)c23)c1. The topological polar surface area (TPSA) is 92.8 Å². The van der Waals surface area contributed by atoms with Gasteiger partial charge in [0.05, 0.1) is 22.6 Å². The molecule has 0 saturated carbocycles. The molecule has 0 aliphatic rings. The quantitative estimate of drug-likeness (QED) is 0.515. The van der Waals surface area contributed by atoms with E-state index < -0.39 is 20.0 Å². The predicted octanol–water partition coefficient (Wildman–Crippen LogP) is 4.33. The van der Waals surface area contributed by atoms with Crippen molar-refractivity contribution in [3.05, 3.63) is 59.6 Å². The minimum Gasteiger partial charge on any atom is -0.495 e. The standard InChI is InChI=1S/C21H23ClN2O5S2/c1-4-24(5-2)31(27,28)16-12-13-19(29-3)18(14-16)23-30(25,26)20-11-7-9-15-8-6-10-17(22)21(15)20/h6-14,23H,4-5H2,1-3H3. The summed E-state index contributed by atoms with van der Waals surface area (Å²) in [5.74, 6) is 0.188. The Hall–Kier alpha value is -2.33. The molecule has 0 radical (unpaired) electrons. The fourth-order valence-electron chi connectivity index (χ4n) is 3.33. The van der Waals surface area contributed by atoms with Crippen molar-refractivity contribution in [2.24, 2.45) is 0 Å². The lowest BCUT2D eigenvalue weighted by molar-refractivity contribution is 0.416. The summed E-state index contributed by atoms with van der Waals surface area (Å²) in [6, 6.07) is 14.0. The van der Waals surface area contributed by atoms with Crippen LogP contribution in [-0.4, -0.2) is 41.3 Å². The third kappa shape index (κ3) is 4.50. The van der Waals surface area contributed by atoms with E-state index in [9.17, 15) is 16.8 Å². The highest BCUT2D eigenvalue weighted by Crippen LogP contribution is 2.34. The number of hydrogen-bond donors (Lipinski definition) is 1. The zero-order valence-corrected chi connectivity index (χ0v) is 19.7. The molecule has 0 aliphatic heterocycles. The largest absolute Gasteiger partial charge is 0.495 e. The third-order valence-electron chi connectivity index (χ3n) is 4.86. The molecule has 7 nitrogen and oxygen atoms in total. The van der Waals surface area contributed by atoms with Crippen LogP contribution in [0, 0.1) is 0 Å². The highest BCUT2D eigenvalue weighted by Gasteiger charge is 2.25. The molecule has 0 bridgehead atoms. The molecule has 3 aromatic rings. The van der Waals surface area contributed by atoms with Crippen molar-refractivity contribution in [2.75, 3.05) is 24.9 Å². The molecule has 0 aliphatic carbocycles. The number of nitrogens with zero attached hydrogens (tertiary/aromatic N) is 1. The average Bonchev–Trinajstić information content (AvgIpc) is 2.74. The van der Waals surface area contributed by atoms with Crippen LogP contribution in [0.25, 0.3) is 10.8 Å². The van der Waals surface area contributed by atoms with Crippen LogP contribution in [0.5, 0.6) is 5.75 Å². The Morgan fingerprint density at radius 3 is 2.23 bits per heavy atom. The number of methoxy groups -OCH3 is 1. The smallest absolute Gasteiger partial charge is 0.262 e. The molecule has 0 unspecified atom stereocenters. The maximum atomic E-state index is 13.3. The highest BCUT2D eigenvalue weighted by atomic mass is 35.5. The normalized spacial score (nSPS) is 12.3. The second-order valence-electron chi connectivity index (χ2n) is 6.65. The van der Waals surface area contributed by atoms with Crippen LogP contribution < -0.4 is 9.46 Å². The first-order valence-electron chi connectivity index (χ1n) is 9.54. The van der Waals surface area contributed by atoms with Crippen molar-refractivity contribution in [3.63, 3.8) is 0 Å². The Morgan fingerprint density at radius 2 is 1.61 bits per heavy atom. The summed E-state index contributed by atoms with van der Waals surface area (Å²) < 4.78 is 61.3. The molecular formula is C21H23ClN2O5S2. The molecule has 10 heteroatoms. The molecule has 0 heterocycles. The fraction of sp³-hybridized carbons (Fsp3) is 0.238. The van der Waals surface area contributed by atoms with E-state index >= 15 is 0 Å². The second-order valence-corrected chi connectivity index (χ2v) is 10.6. The number of benzene rings is 3. The number of rotatable bonds is 8. The molecule has 1 N–H and O–H groups in total. The van der Waals surface area contributed by atoms with Crippen LogP contribution in [0.2, 0.25) is 5.02 Å². The average molecular weight is 483 g/mol. The van der Waals surface area contributed by atoms with Gasteiger partial charge in [0.25, 0.3) is 10.0 Å². The van der Waals surface area contributed by atoms with Crippen molar-refractivity contribution in [1.82, 2.24) is 4.31 Å². The molecule has 0 aromatic heterocycles. The minimum atomic E-state index is -4.11. The van der Waals surface area contributed by atoms with Crippen LogP contribution in [-0.2, 0) is 20.0 Å². The number of ether oxygens (including phenoxy) is 1. The van der Waals surface area contributed by atoms with E-state index in [0.717, 1.165) is 0 Å². The van der Waals surface area contributed by atoms with Crippen LogP contribution in [0.15, 0.2) is 64.4 Å². The van der Waals surface area contributed by atoms with E-state index in [4.69, 9.17) is 16.3 Å². The second kappa shape index (κ2) is 9.04. The van der Waals surface area contributed by atoms with Gasteiger partial charge in [0, 0.05) is 23.5 Å².